The first-order valence-corrected chi connectivity index (χ1v) is 6.30. The number of benzene rings is 1. The lowest BCUT2D eigenvalue weighted by Gasteiger charge is -2.32. The highest BCUT2D eigenvalue weighted by Crippen LogP contribution is 2.15. The predicted octanol–water partition coefficient (Wildman–Crippen LogP) is 1.35. The number of ketones is 1. The second-order valence-electron chi connectivity index (χ2n) is 4.56. The first-order valence-electron chi connectivity index (χ1n) is 6.30. The van der Waals surface area contributed by atoms with Crippen LogP contribution in [0.5, 0.6) is 0 Å². The quantitative estimate of drug-likeness (QED) is 0.894. The number of nitrogens with zero attached hydrogens (tertiary/aromatic N) is 1. The summed E-state index contributed by atoms with van der Waals surface area (Å²) in [5, 5.41) is 9.21. The van der Waals surface area contributed by atoms with Gasteiger partial charge in [-0.2, -0.15) is 0 Å². The number of aliphatic hydroxyl groups excluding tert-OH is 1. The lowest BCUT2D eigenvalue weighted by atomic mass is 10.0. The van der Waals surface area contributed by atoms with E-state index < -0.39 is 12.1 Å². The van der Waals surface area contributed by atoms with Crippen LogP contribution in [-0.2, 0) is 16.1 Å². The Morgan fingerprint density at radius 3 is 2.79 bits per heavy atom. The minimum atomic E-state index is -0.476. The van der Waals surface area contributed by atoms with Crippen LogP contribution in [0.25, 0.3) is 0 Å². The topological polar surface area (TPSA) is 66.8 Å². The van der Waals surface area contributed by atoms with Crippen molar-refractivity contribution in [3.8, 4) is 0 Å². The predicted molar refractivity (Wildman–Crippen MR) is 68.4 cm³/mol. The van der Waals surface area contributed by atoms with E-state index in [1.54, 1.807) is 0 Å². The Morgan fingerprint density at radius 1 is 1.37 bits per heavy atom. The van der Waals surface area contributed by atoms with Gasteiger partial charge in [-0.3, -0.25) is 4.79 Å². The van der Waals surface area contributed by atoms with Crippen molar-refractivity contribution in [3.63, 3.8) is 0 Å². The van der Waals surface area contributed by atoms with Crippen molar-refractivity contribution >= 4 is 11.9 Å². The Morgan fingerprint density at radius 2 is 2.11 bits per heavy atom. The Kier molecular flexibility index (Phi) is 4.52. The number of Topliss-reactive ketones (excluding diaryl/α,β-unsaturated/α-hetero) is 1. The number of piperidine rings is 1. The fraction of sp³-hybridized carbons (Fsp3) is 0.429. The smallest absolute Gasteiger partial charge is 0.410 e. The molecule has 5 heteroatoms. The Balaban J connectivity index is 1.90. The molecule has 1 amide bonds. The van der Waals surface area contributed by atoms with E-state index in [-0.39, 0.29) is 25.4 Å². The highest BCUT2D eigenvalue weighted by atomic mass is 16.6. The van der Waals surface area contributed by atoms with Gasteiger partial charge >= 0.3 is 6.09 Å². The summed E-state index contributed by atoms with van der Waals surface area (Å²) in [5.41, 5.74) is 0.907. The van der Waals surface area contributed by atoms with Gasteiger partial charge in [-0.15, -0.1) is 0 Å². The highest BCUT2D eigenvalue weighted by molar-refractivity contribution is 5.82. The first-order chi connectivity index (χ1) is 9.20. The maximum absolute atomic E-state index is 11.9. The largest absolute Gasteiger partial charge is 0.445 e. The van der Waals surface area contributed by atoms with Gasteiger partial charge in [-0.05, 0) is 5.56 Å². The fourth-order valence-electron chi connectivity index (χ4n) is 2.11. The monoisotopic (exact) mass is 263 g/mol. The highest BCUT2D eigenvalue weighted by Gasteiger charge is 2.30. The van der Waals surface area contributed by atoms with Gasteiger partial charge in [0.25, 0.3) is 0 Å². The maximum atomic E-state index is 11.9. The molecule has 1 atom stereocenters. The average Bonchev–Trinajstić information content (AvgIpc) is 2.45. The number of amides is 1. The van der Waals surface area contributed by atoms with Crippen LogP contribution >= 0.6 is 0 Å². The number of likely N-dealkylation sites (tertiary alicyclic amines) is 1. The van der Waals surface area contributed by atoms with E-state index >= 15 is 0 Å². The molecule has 102 valence electrons. The Labute approximate surface area is 111 Å². The summed E-state index contributed by atoms with van der Waals surface area (Å²) in [4.78, 5) is 24.7. The molecule has 2 rings (SSSR count). The van der Waals surface area contributed by atoms with Crippen LogP contribution in [0.2, 0.25) is 0 Å². The molecule has 1 aromatic carbocycles. The lowest BCUT2D eigenvalue weighted by molar-refractivity contribution is -0.123. The van der Waals surface area contributed by atoms with Gasteiger partial charge < -0.3 is 14.7 Å². The van der Waals surface area contributed by atoms with Gasteiger partial charge in [0.2, 0.25) is 0 Å². The normalized spacial score (nSPS) is 19.3. The third-order valence-electron chi connectivity index (χ3n) is 3.19. The van der Waals surface area contributed by atoms with Crippen LogP contribution in [0.3, 0.4) is 0 Å². The lowest BCUT2D eigenvalue weighted by Crippen LogP contribution is -2.48. The molecule has 1 aliphatic rings. The number of aliphatic hydroxyl groups is 1. The molecular weight excluding hydrogens is 246 g/mol. The van der Waals surface area contributed by atoms with Gasteiger partial charge in [-0.25, -0.2) is 4.79 Å². The average molecular weight is 263 g/mol. The number of carbonyl (C=O) groups is 2. The Bertz CT molecular complexity index is 446. The summed E-state index contributed by atoms with van der Waals surface area (Å²) in [7, 11) is 0. The molecule has 1 heterocycles. The molecule has 1 aromatic rings. The molecule has 0 unspecified atom stereocenters. The van der Waals surface area contributed by atoms with Crippen LogP contribution in [0.4, 0.5) is 4.79 Å². The van der Waals surface area contributed by atoms with E-state index in [0.717, 1.165) is 5.56 Å². The molecule has 0 spiro atoms. The number of rotatable bonds is 3. The molecule has 0 aromatic heterocycles. The zero-order valence-corrected chi connectivity index (χ0v) is 10.6. The molecule has 0 radical (unpaired) electrons. The van der Waals surface area contributed by atoms with Crippen molar-refractivity contribution in [2.24, 2.45) is 0 Å². The van der Waals surface area contributed by atoms with Gasteiger partial charge in [-0.1, -0.05) is 30.3 Å². The molecule has 1 saturated heterocycles. The van der Waals surface area contributed by atoms with Gasteiger partial charge in [0.1, 0.15) is 12.4 Å². The second kappa shape index (κ2) is 6.33. The van der Waals surface area contributed by atoms with Crippen LogP contribution < -0.4 is 0 Å². The van der Waals surface area contributed by atoms with Crippen LogP contribution in [-0.4, -0.2) is 41.1 Å². The summed E-state index contributed by atoms with van der Waals surface area (Å²) in [6.07, 6.45) is 0.0591. The van der Waals surface area contributed by atoms with E-state index in [1.807, 2.05) is 30.3 Å². The summed E-state index contributed by atoms with van der Waals surface area (Å²) in [6, 6.07) is 8.93. The maximum Gasteiger partial charge on any atom is 0.410 e. The van der Waals surface area contributed by atoms with E-state index in [2.05, 4.69) is 0 Å². The number of carbonyl (C=O) groups excluding carboxylic acids is 2. The van der Waals surface area contributed by atoms with Gasteiger partial charge in [0.05, 0.1) is 12.6 Å². The molecule has 1 N–H and O–H groups in total. The number of hydrogen-bond donors (Lipinski definition) is 1. The minimum Gasteiger partial charge on any atom is -0.445 e. The third kappa shape index (κ3) is 3.54. The summed E-state index contributed by atoms with van der Waals surface area (Å²) >= 11 is 0. The molecule has 1 aliphatic heterocycles. The van der Waals surface area contributed by atoms with Crippen LogP contribution in [0, 0.1) is 0 Å². The first kappa shape index (κ1) is 13.5. The fourth-order valence-corrected chi connectivity index (χ4v) is 2.11. The van der Waals surface area contributed by atoms with E-state index in [4.69, 9.17) is 4.74 Å². The molecule has 5 nitrogen and oxygen atoms in total. The third-order valence-corrected chi connectivity index (χ3v) is 3.19. The standard InChI is InChI=1S/C14H17NO4/c16-9-12-8-13(17)6-7-15(12)14(18)19-10-11-4-2-1-3-5-11/h1-5,12,16H,6-10H2/t12-/m1/s1. The molecule has 0 bridgehead atoms. The molecule has 0 saturated carbocycles. The van der Waals surface area contributed by atoms with Crippen molar-refractivity contribution in [2.45, 2.75) is 25.5 Å². The summed E-state index contributed by atoms with van der Waals surface area (Å²) < 4.78 is 5.20. The summed E-state index contributed by atoms with van der Waals surface area (Å²) in [6.45, 7) is 0.298. The van der Waals surface area contributed by atoms with Crippen molar-refractivity contribution < 1.29 is 19.4 Å². The van der Waals surface area contributed by atoms with Crippen molar-refractivity contribution in [2.75, 3.05) is 13.2 Å². The van der Waals surface area contributed by atoms with Crippen molar-refractivity contribution in [1.29, 1.82) is 0 Å². The molecular formula is C14H17NO4. The second-order valence-corrected chi connectivity index (χ2v) is 4.56. The minimum absolute atomic E-state index is 0.0751. The number of ether oxygens (including phenoxy) is 1. The molecule has 19 heavy (non-hydrogen) atoms. The van der Waals surface area contributed by atoms with Crippen LogP contribution in [0.15, 0.2) is 30.3 Å². The van der Waals surface area contributed by atoms with Crippen molar-refractivity contribution in [3.05, 3.63) is 35.9 Å². The Hall–Kier alpha value is -1.88. The zero-order chi connectivity index (χ0) is 13.7. The van der Waals surface area contributed by atoms with E-state index in [0.29, 0.717) is 13.0 Å². The van der Waals surface area contributed by atoms with Crippen molar-refractivity contribution in [1.82, 2.24) is 4.90 Å². The van der Waals surface area contributed by atoms with Gasteiger partial charge in [0.15, 0.2) is 0 Å². The SMILES string of the molecule is O=C1CCN(C(=O)OCc2ccccc2)[C@@H](CO)C1. The summed E-state index contributed by atoms with van der Waals surface area (Å²) in [5.74, 6) is 0.0751. The molecule has 0 aliphatic carbocycles. The number of hydrogen-bond acceptors (Lipinski definition) is 4. The van der Waals surface area contributed by atoms with E-state index in [9.17, 15) is 14.7 Å². The molecule has 1 fully saturated rings. The zero-order valence-electron chi connectivity index (χ0n) is 10.6. The van der Waals surface area contributed by atoms with Crippen LogP contribution in [0.1, 0.15) is 18.4 Å². The van der Waals surface area contributed by atoms with E-state index in [1.165, 1.54) is 4.90 Å². The van der Waals surface area contributed by atoms with Gasteiger partial charge in [0, 0.05) is 19.4 Å².